The lowest BCUT2D eigenvalue weighted by atomic mass is 10.2. The predicted octanol–water partition coefficient (Wildman–Crippen LogP) is 1.24. The van der Waals surface area contributed by atoms with Crippen LogP contribution in [-0.4, -0.2) is 17.3 Å². The molecule has 0 bridgehead atoms. The molecular formula is C9H11N3O2. The third-order valence-corrected chi connectivity index (χ3v) is 1.85. The fourth-order valence-corrected chi connectivity index (χ4v) is 1.18. The zero-order valence-electron chi connectivity index (χ0n) is 8.07. The first kappa shape index (κ1) is 10.1. The Morgan fingerprint density at radius 1 is 1.79 bits per heavy atom. The Bertz CT molecular complexity index is 401. The van der Waals surface area contributed by atoms with E-state index in [2.05, 4.69) is 4.85 Å². The molecule has 0 aromatic carbocycles. The lowest BCUT2D eigenvalue weighted by Gasteiger charge is -2.04. The number of nitrogens with two attached hydrogens (primary N) is 1. The third-order valence-electron chi connectivity index (χ3n) is 1.85. The molecule has 2 N–H and O–H groups in total. The Hall–Kier alpha value is -1.96. The SMILES string of the molecule is [C-]#[N+]c1cn(N)c(C(=O)OCC)c1C. The molecule has 0 fully saturated rings. The van der Waals surface area contributed by atoms with Gasteiger partial charge < -0.3 is 10.6 Å². The van der Waals surface area contributed by atoms with E-state index in [4.69, 9.17) is 17.2 Å². The second kappa shape index (κ2) is 3.83. The first-order valence-corrected chi connectivity index (χ1v) is 4.13. The monoisotopic (exact) mass is 193 g/mol. The van der Waals surface area contributed by atoms with Crippen molar-refractivity contribution >= 4 is 11.7 Å². The van der Waals surface area contributed by atoms with Crippen molar-refractivity contribution in [1.29, 1.82) is 0 Å². The average molecular weight is 193 g/mol. The van der Waals surface area contributed by atoms with Gasteiger partial charge in [0.2, 0.25) is 5.69 Å². The molecule has 0 saturated carbocycles. The molecule has 0 saturated heterocycles. The number of hydrogen-bond donors (Lipinski definition) is 1. The van der Waals surface area contributed by atoms with Crippen LogP contribution in [0.4, 0.5) is 5.69 Å². The van der Waals surface area contributed by atoms with Crippen LogP contribution in [0.5, 0.6) is 0 Å². The highest BCUT2D eigenvalue weighted by Crippen LogP contribution is 2.23. The number of hydrogen-bond acceptors (Lipinski definition) is 3. The summed E-state index contributed by atoms with van der Waals surface area (Å²) in [7, 11) is 0. The summed E-state index contributed by atoms with van der Waals surface area (Å²) in [6, 6.07) is 0. The van der Waals surface area contributed by atoms with Crippen molar-refractivity contribution in [2.75, 3.05) is 12.4 Å². The van der Waals surface area contributed by atoms with E-state index >= 15 is 0 Å². The summed E-state index contributed by atoms with van der Waals surface area (Å²) in [5.74, 6) is 5.02. The highest BCUT2D eigenvalue weighted by Gasteiger charge is 2.18. The summed E-state index contributed by atoms with van der Waals surface area (Å²) in [5, 5.41) is 0. The maximum Gasteiger partial charge on any atom is 0.355 e. The minimum absolute atomic E-state index is 0.234. The minimum atomic E-state index is -0.498. The maximum absolute atomic E-state index is 11.4. The minimum Gasteiger partial charge on any atom is -0.461 e. The molecule has 5 nitrogen and oxygen atoms in total. The van der Waals surface area contributed by atoms with Crippen LogP contribution < -0.4 is 5.84 Å². The predicted molar refractivity (Wildman–Crippen MR) is 51.5 cm³/mol. The van der Waals surface area contributed by atoms with Gasteiger partial charge in [-0.3, -0.25) is 4.68 Å². The molecule has 1 aromatic rings. The van der Waals surface area contributed by atoms with Gasteiger partial charge in [-0.25, -0.2) is 9.64 Å². The molecule has 74 valence electrons. The lowest BCUT2D eigenvalue weighted by Crippen LogP contribution is -2.18. The van der Waals surface area contributed by atoms with Crippen LogP contribution in [0, 0.1) is 13.5 Å². The van der Waals surface area contributed by atoms with E-state index in [9.17, 15) is 4.79 Å². The number of aromatic nitrogens is 1. The summed E-state index contributed by atoms with van der Waals surface area (Å²) in [4.78, 5) is 14.6. The van der Waals surface area contributed by atoms with E-state index in [0.717, 1.165) is 4.68 Å². The van der Waals surface area contributed by atoms with Crippen molar-refractivity contribution in [3.8, 4) is 0 Å². The van der Waals surface area contributed by atoms with Crippen LogP contribution >= 0.6 is 0 Å². The summed E-state index contributed by atoms with van der Waals surface area (Å²) in [5.41, 5.74) is 1.16. The van der Waals surface area contributed by atoms with Crippen molar-refractivity contribution < 1.29 is 9.53 Å². The molecule has 0 spiro atoms. The number of ether oxygens (including phenoxy) is 1. The molecule has 0 amide bonds. The Morgan fingerprint density at radius 2 is 2.43 bits per heavy atom. The number of rotatable bonds is 2. The highest BCUT2D eigenvalue weighted by atomic mass is 16.5. The van der Waals surface area contributed by atoms with Crippen molar-refractivity contribution in [2.45, 2.75) is 13.8 Å². The van der Waals surface area contributed by atoms with E-state index in [1.54, 1.807) is 13.8 Å². The fraction of sp³-hybridized carbons (Fsp3) is 0.333. The number of nitrogen functional groups attached to an aromatic ring is 1. The highest BCUT2D eigenvalue weighted by molar-refractivity contribution is 5.91. The maximum atomic E-state index is 11.4. The fourth-order valence-electron chi connectivity index (χ4n) is 1.18. The van der Waals surface area contributed by atoms with Crippen molar-refractivity contribution in [2.24, 2.45) is 0 Å². The van der Waals surface area contributed by atoms with Crippen LogP contribution in [-0.2, 0) is 4.74 Å². The Morgan fingerprint density at radius 3 is 2.86 bits per heavy atom. The number of carbonyl (C=O) groups excluding carboxylic acids is 1. The Balaban J connectivity index is 3.15. The van der Waals surface area contributed by atoms with E-state index in [1.807, 2.05) is 0 Å². The average Bonchev–Trinajstić information content (AvgIpc) is 2.41. The molecule has 0 radical (unpaired) electrons. The topological polar surface area (TPSA) is 61.6 Å². The van der Waals surface area contributed by atoms with Crippen LogP contribution in [0.25, 0.3) is 4.85 Å². The molecule has 0 aliphatic rings. The van der Waals surface area contributed by atoms with E-state index in [0.29, 0.717) is 11.3 Å². The summed E-state index contributed by atoms with van der Waals surface area (Å²) < 4.78 is 5.93. The van der Waals surface area contributed by atoms with E-state index in [1.165, 1.54) is 6.20 Å². The molecule has 14 heavy (non-hydrogen) atoms. The van der Waals surface area contributed by atoms with Gasteiger partial charge in [-0.05, 0) is 19.4 Å². The second-order valence-electron chi connectivity index (χ2n) is 2.73. The second-order valence-corrected chi connectivity index (χ2v) is 2.73. The van der Waals surface area contributed by atoms with Gasteiger partial charge in [0.15, 0.2) is 0 Å². The number of nitrogens with zero attached hydrogens (tertiary/aromatic N) is 2. The molecule has 1 aromatic heterocycles. The molecule has 0 aliphatic carbocycles. The van der Waals surface area contributed by atoms with Crippen LogP contribution in [0.15, 0.2) is 6.20 Å². The molecular weight excluding hydrogens is 182 g/mol. The van der Waals surface area contributed by atoms with Gasteiger partial charge >= 0.3 is 5.97 Å². The summed E-state index contributed by atoms with van der Waals surface area (Å²) >= 11 is 0. The molecule has 1 heterocycles. The van der Waals surface area contributed by atoms with Gasteiger partial charge in [-0.15, -0.1) is 0 Å². The third kappa shape index (κ3) is 1.55. The van der Waals surface area contributed by atoms with Crippen LogP contribution in [0.3, 0.4) is 0 Å². The molecule has 0 atom stereocenters. The summed E-state index contributed by atoms with van der Waals surface area (Å²) in [6.45, 7) is 10.5. The van der Waals surface area contributed by atoms with Crippen molar-refractivity contribution in [1.82, 2.24) is 4.68 Å². The zero-order chi connectivity index (χ0) is 10.7. The van der Waals surface area contributed by atoms with Crippen LogP contribution in [0.1, 0.15) is 23.0 Å². The first-order chi connectivity index (χ1) is 6.61. The van der Waals surface area contributed by atoms with Gasteiger partial charge in [0.1, 0.15) is 5.69 Å². The Kier molecular flexibility index (Phi) is 2.77. The van der Waals surface area contributed by atoms with Crippen LogP contribution in [0.2, 0.25) is 0 Å². The largest absolute Gasteiger partial charge is 0.461 e. The molecule has 5 heteroatoms. The van der Waals surface area contributed by atoms with Crippen molar-refractivity contribution in [3.05, 3.63) is 28.9 Å². The van der Waals surface area contributed by atoms with Crippen molar-refractivity contribution in [3.63, 3.8) is 0 Å². The van der Waals surface area contributed by atoms with Gasteiger partial charge in [0, 0.05) is 6.20 Å². The van der Waals surface area contributed by atoms with E-state index in [-0.39, 0.29) is 12.3 Å². The zero-order valence-corrected chi connectivity index (χ0v) is 8.07. The lowest BCUT2D eigenvalue weighted by molar-refractivity contribution is 0.0515. The standard InChI is InChI=1S/C9H11N3O2/c1-4-14-9(13)8-6(2)7(11-3)5-12(8)10/h5H,4,10H2,1-2H3. The first-order valence-electron chi connectivity index (χ1n) is 4.13. The normalized spacial score (nSPS) is 9.50. The van der Waals surface area contributed by atoms with Gasteiger partial charge in [-0.2, -0.15) is 0 Å². The summed E-state index contributed by atoms with van der Waals surface area (Å²) in [6.07, 6.45) is 1.41. The quantitative estimate of drug-likeness (QED) is 0.436. The number of esters is 1. The number of carbonyl (C=O) groups is 1. The molecule has 0 unspecified atom stereocenters. The Labute approximate surface area is 81.9 Å². The molecule has 0 aliphatic heterocycles. The smallest absolute Gasteiger partial charge is 0.355 e. The van der Waals surface area contributed by atoms with Gasteiger partial charge in [-0.1, -0.05) is 0 Å². The van der Waals surface area contributed by atoms with Gasteiger partial charge in [0.05, 0.1) is 13.2 Å². The van der Waals surface area contributed by atoms with Gasteiger partial charge in [0.25, 0.3) is 0 Å². The van der Waals surface area contributed by atoms with E-state index < -0.39 is 5.97 Å². The molecule has 1 rings (SSSR count).